The third kappa shape index (κ3) is 7.58. The number of nitrogens with one attached hydrogen (secondary N) is 3. The van der Waals surface area contributed by atoms with Gasteiger partial charge in [-0.3, -0.25) is 25.2 Å². The lowest BCUT2D eigenvalue weighted by Crippen LogP contribution is -2.46. The summed E-state index contributed by atoms with van der Waals surface area (Å²) in [5, 5.41) is 2.53. The van der Waals surface area contributed by atoms with Gasteiger partial charge in [0.05, 0.1) is 13.2 Å². The molecular formula is C23H29N3O4. The zero-order valence-electron chi connectivity index (χ0n) is 17.9. The highest BCUT2D eigenvalue weighted by atomic mass is 16.5. The van der Waals surface area contributed by atoms with Crippen LogP contribution in [-0.4, -0.2) is 30.9 Å². The van der Waals surface area contributed by atoms with Crippen LogP contribution in [0.2, 0.25) is 0 Å². The summed E-state index contributed by atoms with van der Waals surface area (Å²) in [6.45, 7) is 8.41. The van der Waals surface area contributed by atoms with Crippen molar-refractivity contribution in [3.63, 3.8) is 0 Å². The minimum atomic E-state index is -0.533. The molecule has 0 saturated carbocycles. The molecule has 0 spiro atoms. The number of hydrogen-bond donors (Lipinski definition) is 3. The first-order valence-corrected chi connectivity index (χ1v) is 9.93. The fourth-order valence-corrected chi connectivity index (χ4v) is 2.73. The lowest BCUT2D eigenvalue weighted by Gasteiger charge is -2.10. The van der Waals surface area contributed by atoms with Gasteiger partial charge < -0.3 is 10.1 Å². The Morgan fingerprint density at radius 3 is 2.10 bits per heavy atom. The molecule has 0 fully saturated rings. The first-order chi connectivity index (χ1) is 14.2. The van der Waals surface area contributed by atoms with Gasteiger partial charge in [-0.25, -0.2) is 0 Å². The van der Waals surface area contributed by atoms with E-state index in [4.69, 9.17) is 4.74 Å². The van der Waals surface area contributed by atoms with Crippen molar-refractivity contribution in [2.24, 2.45) is 5.92 Å². The van der Waals surface area contributed by atoms with Gasteiger partial charge in [-0.15, -0.1) is 0 Å². The molecule has 7 nitrogen and oxygen atoms in total. The SMILES string of the molecule is Cc1cc(C)cc(C(=O)NCC(=O)NNC(=O)c2ccc(OCCC(C)C)cc2)c1. The molecule has 3 amide bonds. The Bertz CT molecular complexity index is 872. The Morgan fingerprint density at radius 1 is 0.867 bits per heavy atom. The highest BCUT2D eigenvalue weighted by Gasteiger charge is 2.11. The number of amides is 3. The maximum absolute atomic E-state index is 12.2. The zero-order chi connectivity index (χ0) is 22.1. The fraction of sp³-hybridized carbons (Fsp3) is 0.348. The lowest BCUT2D eigenvalue weighted by molar-refractivity contribution is -0.120. The highest BCUT2D eigenvalue weighted by Crippen LogP contribution is 2.13. The van der Waals surface area contributed by atoms with Crippen LogP contribution in [0.3, 0.4) is 0 Å². The van der Waals surface area contributed by atoms with E-state index in [2.05, 4.69) is 30.0 Å². The standard InChI is InChI=1S/C23H29N3O4/c1-15(2)9-10-30-20-7-5-18(6-8-20)23(29)26-25-21(27)14-24-22(28)19-12-16(3)11-17(4)13-19/h5-8,11-13,15H,9-10,14H2,1-4H3,(H,24,28)(H,25,27)(H,26,29). The molecule has 0 aromatic heterocycles. The van der Waals surface area contributed by atoms with E-state index in [9.17, 15) is 14.4 Å². The third-order valence-electron chi connectivity index (χ3n) is 4.29. The highest BCUT2D eigenvalue weighted by molar-refractivity contribution is 5.98. The molecule has 2 aromatic carbocycles. The second-order valence-corrected chi connectivity index (χ2v) is 7.62. The number of aryl methyl sites for hydroxylation is 2. The summed E-state index contributed by atoms with van der Waals surface area (Å²) in [4.78, 5) is 36.2. The third-order valence-corrected chi connectivity index (χ3v) is 4.29. The van der Waals surface area contributed by atoms with Crippen molar-refractivity contribution in [2.45, 2.75) is 34.1 Å². The summed E-state index contributed by atoms with van der Waals surface area (Å²) in [7, 11) is 0. The quantitative estimate of drug-likeness (QED) is 0.582. The minimum absolute atomic E-state index is 0.255. The number of benzene rings is 2. The minimum Gasteiger partial charge on any atom is -0.494 e. The predicted molar refractivity (Wildman–Crippen MR) is 115 cm³/mol. The lowest BCUT2D eigenvalue weighted by atomic mass is 10.1. The largest absolute Gasteiger partial charge is 0.494 e. The van der Waals surface area contributed by atoms with E-state index in [0.717, 1.165) is 17.5 Å². The van der Waals surface area contributed by atoms with Crippen LogP contribution in [0.15, 0.2) is 42.5 Å². The first kappa shape index (κ1) is 22.9. The second kappa shape index (κ2) is 11.0. The van der Waals surface area contributed by atoms with Gasteiger partial charge in [0, 0.05) is 11.1 Å². The summed E-state index contributed by atoms with van der Waals surface area (Å²) in [5.74, 6) is -0.0986. The molecule has 3 N–H and O–H groups in total. The maximum Gasteiger partial charge on any atom is 0.269 e. The van der Waals surface area contributed by atoms with Crippen molar-refractivity contribution in [3.05, 3.63) is 64.7 Å². The van der Waals surface area contributed by atoms with E-state index in [0.29, 0.717) is 29.4 Å². The molecule has 0 unspecified atom stereocenters. The maximum atomic E-state index is 12.2. The summed E-state index contributed by atoms with van der Waals surface area (Å²) < 4.78 is 5.61. The number of hydrogen-bond acceptors (Lipinski definition) is 4. The van der Waals surface area contributed by atoms with Crippen LogP contribution in [0.5, 0.6) is 5.75 Å². The van der Waals surface area contributed by atoms with Crippen LogP contribution in [-0.2, 0) is 4.79 Å². The van der Waals surface area contributed by atoms with E-state index < -0.39 is 11.8 Å². The van der Waals surface area contributed by atoms with Gasteiger partial charge in [-0.2, -0.15) is 0 Å². The summed E-state index contributed by atoms with van der Waals surface area (Å²) in [5.41, 5.74) is 7.41. The number of rotatable bonds is 8. The van der Waals surface area contributed by atoms with Gasteiger partial charge >= 0.3 is 0 Å². The average molecular weight is 412 g/mol. The average Bonchev–Trinajstić information content (AvgIpc) is 2.69. The first-order valence-electron chi connectivity index (χ1n) is 9.93. The van der Waals surface area contributed by atoms with Crippen LogP contribution in [0.4, 0.5) is 0 Å². The molecule has 2 rings (SSSR count). The summed E-state index contributed by atoms with van der Waals surface area (Å²) in [6, 6.07) is 12.1. The van der Waals surface area contributed by atoms with Crippen molar-refractivity contribution >= 4 is 17.7 Å². The summed E-state index contributed by atoms with van der Waals surface area (Å²) >= 11 is 0. The van der Waals surface area contributed by atoms with Gasteiger partial charge in [-0.05, 0) is 62.6 Å². The summed E-state index contributed by atoms with van der Waals surface area (Å²) in [6.07, 6.45) is 0.953. The van der Waals surface area contributed by atoms with E-state index in [1.807, 2.05) is 19.9 Å². The molecule has 0 saturated heterocycles. The number of ether oxygens (including phenoxy) is 1. The monoisotopic (exact) mass is 411 g/mol. The molecule has 160 valence electrons. The van der Waals surface area contributed by atoms with Crippen molar-refractivity contribution in [1.82, 2.24) is 16.2 Å². The van der Waals surface area contributed by atoms with E-state index in [-0.39, 0.29) is 12.5 Å². The van der Waals surface area contributed by atoms with Gasteiger partial charge in [0.2, 0.25) is 0 Å². The molecule has 0 aliphatic carbocycles. The second-order valence-electron chi connectivity index (χ2n) is 7.62. The van der Waals surface area contributed by atoms with E-state index in [1.165, 1.54) is 0 Å². The Morgan fingerprint density at radius 2 is 1.50 bits per heavy atom. The van der Waals surface area contributed by atoms with Crippen molar-refractivity contribution in [3.8, 4) is 5.75 Å². The Balaban J connectivity index is 1.76. The number of hydrazine groups is 1. The van der Waals surface area contributed by atoms with Gasteiger partial charge in [-0.1, -0.05) is 31.0 Å². The topological polar surface area (TPSA) is 96.5 Å². The van der Waals surface area contributed by atoms with Crippen molar-refractivity contribution in [1.29, 1.82) is 0 Å². The Labute approximate surface area is 177 Å². The molecule has 0 heterocycles. The number of carbonyl (C=O) groups is 3. The Kier molecular flexibility index (Phi) is 8.41. The number of carbonyl (C=O) groups excluding carboxylic acids is 3. The normalized spacial score (nSPS) is 10.4. The van der Waals surface area contributed by atoms with Crippen LogP contribution in [0, 0.1) is 19.8 Å². The van der Waals surface area contributed by atoms with E-state index >= 15 is 0 Å². The van der Waals surface area contributed by atoms with Crippen LogP contribution in [0.25, 0.3) is 0 Å². The molecule has 0 aliphatic rings. The van der Waals surface area contributed by atoms with Crippen LogP contribution < -0.4 is 20.9 Å². The predicted octanol–water partition coefficient (Wildman–Crippen LogP) is 2.92. The molecule has 0 radical (unpaired) electrons. The van der Waals surface area contributed by atoms with E-state index in [1.54, 1.807) is 36.4 Å². The molecule has 7 heteroatoms. The van der Waals surface area contributed by atoms with Crippen molar-refractivity contribution in [2.75, 3.05) is 13.2 Å². The fourth-order valence-electron chi connectivity index (χ4n) is 2.73. The molecule has 0 aliphatic heterocycles. The Hall–Kier alpha value is -3.35. The molecule has 0 atom stereocenters. The van der Waals surface area contributed by atoms with Gasteiger partial charge in [0.1, 0.15) is 5.75 Å². The molecular weight excluding hydrogens is 382 g/mol. The van der Waals surface area contributed by atoms with Gasteiger partial charge in [0.15, 0.2) is 0 Å². The van der Waals surface area contributed by atoms with Crippen LogP contribution in [0.1, 0.15) is 52.1 Å². The van der Waals surface area contributed by atoms with Crippen molar-refractivity contribution < 1.29 is 19.1 Å². The van der Waals surface area contributed by atoms with Crippen LogP contribution >= 0.6 is 0 Å². The molecule has 30 heavy (non-hydrogen) atoms. The zero-order valence-corrected chi connectivity index (χ0v) is 17.9. The molecule has 0 bridgehead atoms. The van der Waals surface area contributed by atoms with Gasteiger partial charge in [0.25, 0.3) is 17.7 Å². The molecule has 2 aromatic rings. The smallest absolute Gasteiger partial charge is 0.269 e.